The van der Waals surface area contributed by atoms with E-state index in [1.807, 2.05) is 17.5 Å². The van der Waals surface area contributed by atoms with Crippen LogP contribution in [0.15, 0.2) is 71.1 Å². The van der Waals surface area contributed by atoms with Gasteiger partial charge in [0.05, 0.1) is 17.3 Å². The Morgan fingerprint density at radius 1 is 1.17 bits per heavy atom. The molecule has 2 aromatic carbocycles. The van der Waals surface area contributed by atoms with Crippen LogP contribution in [-0.4, -0.2) is 29.5 Å². The van der Waals surface area contributed by atoms with Crippen molar-refractivity contribution < 1.29 is 18.7 Å². The van der Waals surface area contributed by atoms with Crippen LogP contribution >= 0.6 is 11.3 Å². The number of benzene rings is 2. The van der Waals surface area contributed by atoms with Gasteiger partial charge in [-0.2, -0.15) is 5.10 Å². The Morgan fingerprint density at radius 3 is 2.69 bits per heavy atom. The maximum Gasteiger partial charge on any atom is 0.281 e. The average molecular weight is 408 g/mol. The topological polar surface area (TPSA) is 59.0 Å². The molecule has 1 aliphatic rings. The minimum absolute atomic E-state index is 0.243. The fraction of sp³-hybridized carbons (Fsp3) is 0.136. The number of hydrogen-bond acceptors (Lipinski definition) is 5. The monoisotopic (exact) mass is 408 g/mol. The highest BCUT2D eigenvalue weighted by Crippen LogP contribution is 2.35. The molecule has 0 saturated heterocycles. The first-order valence-electron chi connectivity index (χ1n) is 9.01. The summed E-state index contributed by atoms with van der Waals surface area (Å²) in [6, 6.07) is 16.4. The first-order valence-corrected chi connectivity index (χ1v) is 9.89. The van der Waals surface area contributed by atoms with Crippen molar-refractivity contribution in [1.29, 1.82) is 0 Å². The molecule has 1 amide bonds. The van der Waals surface area contributed by atoms with Gasteiger partial charge >= 0.3 is 0 Å². The zero-order valence-electron chi connectivity index (χ0n) is 15.3. The normalized spacial score (nSPS) is 15.8. The molecule has 0 fully saturated rings. The fourth-order valence-electron chi connectivity index (χ4n) is 3.17. The minimum atomic E-state index is -0.322. The molecule has 1 aromatic heterocycles. The second kappa shape index (κ2) is 8.36. The molecule has 3 aromatic rings. The van der Waals surface area contributed by atoms with Crippen molar-refractivity contribution >= 4 is 29.2 Å². The predicted octanol–water partition coefficient (Wildman–Crippen LogP) is 4.46. The van der Waals surface area contributed by atoms with Crippen molar-refractivity contribution in [2.75, 3.05) is 6.61 Å². The third-order valence-corrected chi connectivity index (χ3v) is 5.59. The predicted molar refractivity (Wildman–Crippen MR) is 109 cm³/mol. The SMILES string of the molecule is O=Cc1ccccc1OCC(=O)N1N=C(c2ccc(F)cc2)CC1c1cccs1. The van der Waals surface area contributed by atoms with Gasteiger partial charge < -0.3 is 4.74 Å². The number of carbonyl (C=O) groups excluding carboxylic acids is 2. The lowest BCUT2D eigenvalue weighted by atomic mass is 10.0. The molecule has 7 heteroatoms. The standard InChI is InChI=1S/C22H17FN2O3S/c23-17-9-7-15(8-10-17)18-12-19(21-6-3-11-29-21)25(24-18)22(27)14-28-20-5-2-1-4-16(20)13-26/h1-11,13,19H,12,14H2. The van der Waals surface area contributed by atoms with E-state index in [4.69, 9.17) is 4.74 Å². The van der Waals surface area contributed by atoms with Crippen LogP contribution in [0.3, 0.4) is 0 Å². The summed E-state index contributed by atoms with van der Waals surface area (Å²) in [6.45, 7) is -0.243. The third kappa shape index (κ3) is 4.09. The zero-order chi connectivity index (χ0) is 20.2. The van der Waals surface area contributed by atoms with Gasteiger partial charge in [0.25, 0.3) is 5.91 Å². The molecule has 4 rings (SSSR count). The van der Waals surface area contributed by atoms with Gasteiger partial charge in [0.1, 0.15) is 11.6 Å². The summed E-state index contributed by atoms with van der Waals surface area (Å²) in [5.74, 6) is -0.288. The lowest BCUT2D eigenvalue weighted by Gasteiger charge is -2.21. The molecular weight excluding hydrogens is 391 g/mol. The average Bonchev–Trinajstić information content (AvgIpc) is 3.42. The lowest BCUT2D eigenvalue weighted by molar-refractivity contribution is -0.135. The Kier molecular flexibility index (Phi) is 5.48. The number of hydrazone groups is 1. The molecular formula is C22H17FN2O3S. The van der Waals surface area contributed by atoms with E-state index in [0.717, 1.165) is 10.4 Å². The van der Waals surface area contributed by atoms with Crippen LogP contribution in [-0.2, 0) is 4.79 Å². The molecule has 1 aliphatic heterocycles. The molecule has 29 heavy (non-hydrogen) atoms. The second-order valence-corrected chi connectivity index (χ2v) is 7.45. The number of carbonyl (C=O) groups is 2. The Bertz CT molecular complexity index is 1050. The summed E-state index contributed by atoms with van der Waals surface area (Å²) in [7, 11) is 0. The smallest absolute Gasteiger partial charge is 0.281 e. The molecule has 0 saturated carbocycles. The molecule has 0 spiro atoms. The van der Waals surface area contributed by atoms with Crippen molar-refractivity contribution in [1.82, 2.24) is 5.01 Å². The van der Waals surface area contributed by atoms with Crippen molar-refractivity contribution in [2.45, 2.75) is 12.5 Å². The number of hydrogen-bond donors (Lipinski definition) is 0. The van der Waals surface area contributed by atoms with E-state index in [0.29, 0.717) is 29.7 Å². The molecule has 0 radical (unpaired) electrons. The summed E-state index contributed by atoms with van der Waals surface area (Å²) in [6.07, 6.45) is 1.22. The number of nitrogens with zero attached hydrogens (tertiary/aromatic N) is 2. The first kappa shape index (κ1) is 19.0. The molecule has 1 unspecified atom stereocenters. The maximum atomic E-state index is 13.3. The van der Waals surface area contributed by atoms with Gasteiger partial charge in [0.15, 0.2) is 12.9 Å². The highest BCUT2D eigenvalue weighted by atomic mass is 32.1. The maximum absolute atomic E-state index is 13.3. The van der Waals surface area contributed by atoms with Crippen LogP contribution in [0.4, 0.5) is 4.39 Å². The Morgan fingerprint density at radius 2 is 1.97 bits per heavy atom. The summed E-state index contributed by atoms with van der Waals surface area (Å²) >= 11 is 1.55. The summed E-state index contributed by atoms with van der Waals surface area (Å²) in [5, 5.41) is 7.89. The fourth-order valence-corrected chi connectivity index (χ4v) is 3.99. The Labute approximate surface area is 171 Å². The van der Waals surface area contributed by atoms with Crippen LogP contribution in [0.1, 0.15) is 33.3 Å². The van der Waals surface area contributed by atoms with E-state index in [9.17, 15) is 14.0 Å². The Balaban J connectivity index is 1.56. The number of para-hydroxylation sites is 1. The summed E-state index contributed by atoms with van der Waals surface area (Å²) in [4.78, 5) is 25.0. The van der Waals surface area contributed by atoms with Crippen molar-refractivity contribution in [3.05, 3.63) is 87.9 Å². The number of rotatable bonds is 6. The van der Waals surface area contributed by atoms with Crippen LogP contribution in [0.5, 0.6) is 5.75 Å². The number of amides is 1. The van der Waals surface area contributed by atoms with Crippen molar-refractivity contribution in [3.8, 4) is 5.75 Å². The van der Waals surface area contributed by atoms with Gasteiger partial charge in [0, 0.05) is 11.3 Å². The van der Waals surface area contributed by atoms with Crippen LogP contribution in [0.2, 0.25) is 0 Å². The van der Waals surface area contributed by atoms with Crippen molar-refractivity contribution in [3.63, 3.8) is 0 Å². The van der Waals surface area contributed by atoms with Gasteiger partial charge in [-0.15, -0.1) is 11.3 Å². The molecule has 0 N–H and O–H groups in total. The highest BCUT2D eigenvalue weighted by Gasteiger charge is 2.34. The lowest BCUT2D eigenvalue weighted by Crippen LogP contribution is -2.31. The van der Waals surface area contributed by atoms with E-state index < -0.39 is 0 Å². The number of ether oxygens (including phenoxy) is 1. The summed E-state index contributed by atoms with van der Waals surface area (Å²) in [5.41, 5.74) is 1.87. The van der Waals surface area contributed by atoms with Gasteiger partial charge in [-0.05, 0) is 41.3 Å². The number of aldehydes is 1. The van der Waals surface area contributed by atoms with Crippen LogP contribution in [0, 0.1) is 5.82 Å². The zero-order valence-corrected chi connectivity index (χ0v) is 16.1. The van der Waals surface area contributed by atoms with E-state index in [-0.39, 0.29) is 24.4 Å². The molecule has 0 aliphatic carbocycles. The number of halogens is 1. The van der Waals surface area contributed by atoms with Gasteiger partial charge in [0.2, 0.25) is 0 Å². The van der Waals surface area contributed by atoms with Gasteiger partial charge in [-0.25, -0.2) is 9.40 Å². The van der Waals surface area contributed by atoms with E-state index >= 15 is 0 Å². The van der Waals surface area contributed by atoms with Gasteiger partial charge in [-0.1, -0.05) is 30.3 Å². The minimum Gasteiger partial charge on any atom is -0.483 e. The molecule has 2 heterocycles. The molecule has 0 bridgehead atoms. The highest BCUT2D eigenvalue weighted by molar-refractivity contribution is 7.10. The molecule has 146 valence electrons. The first-order chi connectivity index (χ1) is 14.2. The number of thiophene rings is 1. The molecule has 5 nitrogen and oxygen atoms in total. The van der Waals surface area contributed by atoms with Crippen molar-refractivity contribution in [2.24, 2.45) is 5.10 Å². The second-order valence-electron chi connectivity index (χ2n) is 6.47. The van der Waals surface area contributed by atoms with E-state index in [1.54, 1.807) is 47.7 Å². The summed E-state index contributed by atoms with van der Waals surface area (Å²) < 4.78 is 18.8. The quantitative estimate of drug-likeness (QED) is 0.566. The van der Waals surface area contributed by atoms with E-state index in [1.165, 1.54) is 17.1 Å². The van der Waals surface area contributed by atoms with Gasteiger partial charge in [-0.3, -0.25) is 9.59 Å². The molecule has 1 atom stereocenters. The van der Waals surface area contributed by atoms with Crippen LogP contribution in [0.25, 0.3) is 0 Å². The van der Waals surface area contributed by atoms with E-state index in [2.05, 4.69) is 5.10 Å². The van der Waals surface area contributed by atoms with Crippen LogP contribution < -0.4 is 4.74 Å². The largest absolute Gasteiger partial charge is 0.483 e. The third-order valence-electron chi connectivity index (χ3n) is 4.61. The Hall–Kier alpha value is -3.32.